The van der Waals surface area contributed by atoms with Crippen LogP contribution in [0.3, 0.4) is 0 Å². The lowest BCUT2D eigenvalue weighted by Crippen LogP contribution is -2.28. The Hall–Kier alpha value is -2.47. The highest BCUT2D eigenvalue weighted by atomic mass is 19.3. The Morgan fingerprint density at radius 2 is 1.96 bits per heavy atom. The maximum atomic E-state index is 13.3. The second kappa shape index (κ2) is 8.07. The first-order chi connectivity index (χ1) is 11.8. The molecule has 0 spiro atoms. The Balaban J connectivity index is 2.36. The highest BCUT2D eigenvalue weighted by Crippen LogP contribution is 2.33. The number of alkyl halides is 2. The van der Waals surface area contributed by atoms with Crippen molar-refractivity contribution in [1.82, 2.24) is 0 Å². The number of aryl methyl sites for hydroxylation is 2. The fourth-order valence-corrected chi connectivity index (χ4v) is 2.55. The van der Waals surface area contributed by atoms with Crippen LogP contribution >= 0.6 is 0 Å². The topological polar surface area (TPSA) is 49.8 Å². The van der Waals surface area contributed by atoms with E-state index in [0.29, 0.717) is 16.4 Å². The SMILES string of the molecule is CCC(=O)N(O)c1c(COc2ccc(C)cc2C)cccc1C(F)F. The summed E-state index contributed by atoms with van der Waals surface area (Å²) in [6.45, 7) is 5.34. The van der Waals surface area contributed by atoms with E-state index < -0.39 is 17.9 Å². The van der Waals surface area contributed by atoms with Crippen LogP contribution in [0, 0.1) is 13.8 Å². The van der Waals surface area contributed by atoms with Crippen molar-refractivity contribution < 1.29 is 23.5 Å². The molecule has 6 heteroatoms. The molecule has 0 bridgehead atoms. The molecule has 0 heterocycles. The van der Waals surface area contributed by atoms with Crippen molar-refractivity contribution in [2.24, 2.45) is 0 Å². The van der Waals surface area contributed by atoms with Gasteiger partial charge in [0.2, 0.25) is 5.91 Å². The van der Waals surface area contributed by atoms with Gasteiger partial charge < -0.3 is 4.74 Å². The summed E-state index contributed by atoms with van der Waals surface area (Å²) >= 11 is 0. The molecule has 1 N–H and O–H groups in total. The molecule has 2 aromatic carbocycles. The lowest BCUT2D eigenvalue weighted by Gasteiger charge is -2.22. The molecule has 0 aliphatic carbocycles. The van der Waals surface area contributed by atoms with Gasteiger partial charge in [0.15, 0.2) is 0 Å². The molecule has 0 saturated heterocycles. The van der Waals surface area contributed by atoms with Crippen LogP contribution < -0.4 is 9.80 Å². The van der Waals surface area contributed by atoms with Crippen molar-refractivity contribution >= 4 is 11.6 Å². The number of halogens is 2. The molecular formula is C19H21F2NO3. The molecule has 134 valence electrons. The number of carbonyl (C=O) groups is 1. The summed E-state index contributed by atoms with van der Waals surface area (Å²) in [4.78, 5) is 11.8. The third kappa shape index (κ3) is 4.33. The van der Waals surface area contributed by atoms with Crippen molar-refractivity contribution in [3.63, 3.8) is 0 Å². The van der Waals surface area contributed by atoms with Crippen LogP contribution in [-0.2, 0) is 11.4 Å². The van der Waals surface area contributed by atoms with Crippen molar-refractivity contribution in [2.45, 2.75) is 40.2 Å². The minimum Gasteiger partial charge on any atom is -0.489 e. The summed E-state index contributed by atoms with van der Waals surface area (Å²) in [6, 6.07) is 9.83. The third-order valence-corrected chi connectivity index (χ3v) is 3.85. The average Bonchev–Trinajstić information content (AvgIpc) is 2.59. The maximum Gasteiger partial charge on any atom is 0.265 e. The zero-order valence-electron chi connectivity index (χ0n) is 14.4. The number of nitrogens with zero attached hydrogens (tertiary/aromatic N) is 1. The molecule has 1 amide bonds. The van der Waals surface area contributed by atoms with Gasteiger partial charge in [-0.25, -0.2) is 8.78 Å². The molecule has 0 fully saturated rings. The standard InChI is InChI=1S/C19H21F2NO3/c1-4-17(23)22(24)18-14(6-5-7-15(18)19(20)21)11-25-16-9-8-12(2)10-13(16)3/h5-10,19,24H,4,11H2,1-3H3. The summed E-state index contributed by atoms with van der Waals surface area (Å²) in [7, 11) is 0. The van der Waals surface area contributed by atoms with Gasteiger partial charge in [0.1, 0.15) is 12.4 Å². The molecule has 0 atom stereocenters. The van der Waals surface area contributed by atoms with Crippen LogP contribution in [0.1, 0.15) is 42.0 Å². The van der Waals surface area contributed by atoms with Gasteiger partial charge in [0.25, 0.3) is 6.43 Å². The minimum atomic E-state index is -2.82. The largest absolute Gasteiger partial charge is 0.489 e. The van der Waals surface area contributed by atoms with E-state index in [4.69, 9.17) is 4.74 Å². The zero-order valence-corrected chi connectivity index (χ0v) is 14.4. The first kappa shape index (κ1) is 18.9. The van der Waals surface area contributed by atoms with E-state index in [9.17, 15) is 18.8 Å². The highest BCUT2D eigenvalue weighted by Gasteiger charge is 2.24. The van der Waals surface area contributed by atoms with Gasteiger partial charge in [-0.1, -0.05) is 42.8 Å². The van der Waals surface area contributed by atoms with Crippen molar-refractivity contribution in [3.8, 4) is 5.75 Å². The average molecular weight is 349 g/mol. The predicted octanol–water partition coefficient (Wildman–Crippen LogP) is 4.95. The van der Waals surface area contributed by atoms with Crippen LogP contribution in [0.25, 0.3) is 0 Å². The monoisotopic (exact) mass is 349 g/mol. The first-order valence-electron chi connectivity index (χ1n) is 7.97. The number of para-hydroxylation sites is 1. The Kier molecular flexibility index (Phi) is 6.09. The van der Waals surface area contributed by atoms with E-state index in [0.717, 1.165) is 11.1 Å². The molecule has 0 aromatic heterocycles. The van der Waals surface area contributed by atoms with E-state index in [1.807, 2.05) is 26.0 Å². The lowest BCUT2D eigenvalue weighted by atomic mass is 10.1. The number of hydrogen-bond donors (Lipinski definition) is 1. The number of rotatable bonds is 6. The summed E-state index contributed by atoms with van der Waals surface area (Å²) < 4.78 is 32.4. The normalized spacial score (nSPS) is 10.8. The quantitative estimate of drug-likeness (QED) is 0.593. The Morgan fingerprint density at radius 1 is 1.24 bits per heavy atom. The fraction of sp³-hybridized carbons (Fsp3) is 0.316. The predicted molar refractivity (Wildman–Crippen MR) is 91.2 cm³/mol. The van der Waals surface area contributed by atoms with E-state index in [2.05, 4.69) is 0 Å². The smallest absolute Gasteiger partial charge is 0.265 e. The summed E-state index contributed by atoms with van der Waals surface area (Å²) in [5, 5.41) is 10.4. The first-order valence-corrected chi connectivity index (χ1v) is 7.97. The lowest BCUT2D eigenvalue weighted by molar-refractivity contribution is -0.123. The second-order valence-corrected chi connectivity index (χ2v) is 5.77. The van der Waals surface area contributed by atoms with Gasteiger partial charge in [0, 0.05) is 17.5 Å². The second-order valence-electron chi connectivity index (χ2n) is 5.77. The number of carbonyl (C=O) groups excluding carboxylic acids is 1. The number of benzene rings is 2. The number of anilines is 1. The van der Waals surface area contributed by atoms with Gasteiger partial charge in [-0.2, -0.15) is 5.06 Å². The molecule has 2 rings (SSSR count). The van der Waals surface area contributed by atoms with E-state index in [1.165, 1.54) is 12.1 Å². The van der Waals surface area contributed by atoms with E-state index >= 15 is 0 Å². The van der Waals surface area contributed by atoms with Gasteiger partial charge >= 0.3 is 0 Å². The van der Waals surface area contributed by atoms with E-state index in [1.54, 1.807) is 19.1 Å². The van der Waals surface area contributed by atoms with Crippen molar-refractivity contribution in [1.29, 1.82) is 0 Å². The zero-order chi connectivity index (χ0) is 18.6. The molecule has 25 heavy (non-hydrogen) atoms. The molecule has 0 aliphatic heterocycles. The molecule has 4 nitrogen and oxygen atoms in total. The summed E-state index contributed by atoms with van der Waals surface area (Å²) in [5.74, 6) is -0.0498. The number of ether oxygens (including phenoxy) is 1. The number of hydroxylamine groups is 1. The number of amides is 1. The van der Waals surface area contributed by atoms with Gasteiger partial charge in [-0.3, -0.25) is 10.0 Å². The molecule has 0 unspecified atom stereocenters. The van der Waals surface area contributed by atoms with Gasteiger partial charge in [0.05, 0.1) is 5.69 Å². The Bertz CT molecular complexity index is 762. The molecule has 2 aromatic rings. The van der Waals surface area contributed by atoms with Gasteiger partial charge in [-0.05, 0) is 25.5 Å². The molecular weight excluding hydrogens is 328 g/mol. The highest BCUT2D eigenvalue weighted by molar-refractivity contribution is 5.92. The van der Waals surface area contributed by atoms with Crippen LogP contribution in [0.5, 0.6) is 5.75 Å². The molecule has 0 saturated carbocycles. The Morgan fingerprint density at radius 3 is 2.56 bits per heavy atom. The number of hydrogen-bond acceptors (Lipinski definition) is 3. The summed E-state index contributed by atoms with van der Waals surface area (Å²) in [5.41, 5.74) is 1.68. The van der Waals surface area contributed by atoms with E-state index in [-0.39, 0.29) is 18.7 Å². The van der Waals surface area contributed by atoms with Crippen LogP contribution in [0.15, 0.2) is 36.4 Å². The van der Waals surface area contributed by atoms with Gasteiger partial charge in [-0.15, -0.1) is 0 Å². The van der Waals surface area contributed by atoms with Crippen molar-refractivity contribution in [3.05, 3.63) is 58.7 Å². The molecule has 0 aliphatic rings. The third-order valence-electron chi connectivity index (χ3n) is 3.85. The fourth-order valence-electron chi connectivity index (χ4n) is 2.55. The summed E-state index contributed by atoms with van der Waals surface area (Å²) in [6.07, 6.45) is -2.83. The van der Waals surface area contributed by atoms with Crippen LogP contribution in [-0.4, -0.2) is 11.1 Å². The maximum absolute atomic E-state index is 13.3. The molecule has 0 radical (unpaired) electrons. The van der Waals surface area contributed by atoms with Crippen LogP contribution in [0.4, 0.5) is 14.5 Å². The van der Waals surface area contributed by atoms with Crippen molar-refractivity contribution in [2.75, 3.05) is 5.06 Å². The Labute approximate surface area is 145 Å². The van der Waals surface area contributed by atoms with Crippen LogP contribution in [0.2, 0.25) is 0 Å². The minimum absolute atomic E-state index is 0.00849.